The molecule has 0 unspecified atom stereocenters. The minimum absolute atomic E-state index is 0.536. The summed E-state index contributed by atoms with van der Waals surface area (Å²) in [6, 6.07) is 10.8. The Kier molecular flexibility index (Phi) is 3.95. The molecule has 25 heavy (non-hydrogen) atoms. The molecule has 0 aliphatic heterocycles. The Labute approximate surface area is 156 Å². The molecule has 0 N–H and O–H groups in total. The third-order valence-corrected chi connectivity index (χ3v) is 6.72. The van der Waals surface area contributed by atoms with Crippen LogP contribution in [-0.2, 0) is 5.75 Å². The van der Waals surface area contributed by atoms with Crippen molar-refractivity contribution < 1.29 is 4.52 Å². The third kappa shape index (κ3) is 3.05. The van der Waals surface area contributed by atoms with Gasteiger partial charge in [0, 0.05) is 17.9 Å². The first kappa shape index (κ1) is 15.4. The number of aromatic nitrogens is 4. The van der Waals surface area contributed by atoms with Gasteiger partial charge in [-0.25, -0.2) is 0 Å². The Balaban J connectivity index is 1.36. The lowest BCUT2D eigenvalue weighted by Crippen LogP contribution is -1.99. The molecule has 1 fully saturated rings. The van der Waals surface area contributed by atoms with E-state index in [4.69, 9.17) is 4.52 Å². The normalized spacial score (nSPS) is 14.2. The average Bonchev–Trinajstić information content (AvgIpc) is 3.16. The topological polar surface area (TPSA) is 56.7 Å². The molecular formula is C17H14N4OS3. The van der Waals surface area contributed by atoms with Gasteiger partial charge in [0.15, 0.2) is 16.7 Å². The SMILES string of the molecule is c1csc(-c2cc(CSc3nnc(-c4cccs4)n3C3CC3)no2)c1. The van der Waals surface area contributed by atoms with E-state index in [1.807, 2.05) is 23.6 Å². The predicted molar refractivity (Wildman–Crippen MR) is 101 cm³/mol. The quantitative estimate of drug-likeness (QED) is 0.418. The zero-order valence-electron chi connectivity index (χ0n) is 13.2. The van der Waals surface area contributed by atoms with Crippen molar-refractivity contribution in [1.29, 1.82) is 0 Å². The molecule has 4 aromatic heterocycles. The molecule has 4 aromatic rings. The fourth-order valence-corrected chi connectivity index (χ4v) is 4.93. The van der Waals surface area contributed by atoms with E-state index in [-0.39, 0.29) is 0 Å². The minimum Gasteiger partial charge on any atom is -0.355 e. The van der Waals surface area contributed by atoms with E-state index < -0.39 is 0 Å². The predicted octanol–water partition coefficient (Wildman–Crippen LogP) is 5.35. The highest BCUT2D eigenvalue weighted by molar-refractivity contribution is 7.98. The monoisotopic (exact) mass is 386 g/mol. The molecule has 0 atom stereocenters. The number of hydrogen-bond donors (Lipinski definition) is 0. The summed E-state index contributed by atoms with van der Waals surface area (Å²) in [6.45, 7) is 0. The lowest BCUT2D eigenvalue weighted by Gasteiger charge is -2.06. The average molecular weight is 387 g/mol. The second-order valence-electron chi connectivity index (χ2n) is 5.83. The number of hydrogen-bond acceptors (Lipinski definition) is 7. The van der Waals surface area contributed by atoms with Crippen molar-refractivity contribution in [3.05, 3.63) is 46.8 Å². The van der Waals surface area contributed by atoms with Crippen molar-refractivity contribution in [2.45, 2.75) is 29.8 Å². The molecule has 0 spiro atoms. The highest BCUT2D eigenvalue weighted by Gasteiger charge is 2.30. The third-order valence-electron chi connectivity index (χ3n) is 3.99. The van der Waals surface area contributed by atoms with Crippen molar-refractivity contribution >= 4 is 34.4 Å². The van der Waals surface area contributed by atoms with E-state index in [9.17, 15) is 0 Å². The Morgan fingerprint density at radius 3 is 2.64 bits per heavy atom. The van der Waals surface area contributed by atoms with Crippen LogP contribution in [0.1, 0.15) is 24.6 Å². The summed E-state index contributed by atoms with van der Waals surface area (Å²) in [5, 5.41) is 18.1. The number of thiophene rings is 2. The molecule has 1 aliphatic carbocycles. The fraction of sp³-hybridized carbons (Fsp3) is 0.235. The van der Waals surface area contributed by atoms with Crippen LogP contribution in [0.5, 0.6) is 0 Å². The van der Waals surface area contributed by atoms with Crippen LogP contribution in [0, 0.1) is 0 Å². The van der Waals surface area contributed by atoms with E-state index in [0.717, 1.165) is 33.1 Å². The first-order chi connectivity index (χ1) is 12.4. The number of nitrogens with zero attached hydrogens (tertiary/aromatic N) is 4. The van der Waals surface area contributed by atoms with Crippen LogP contribution in [0.2, 0.25) is 0 Å². The second kappa shape index (κ2) is 6.44. The summed E-state index contributed by atoms with van der Waals surface area (Å²) in [7, 11) is 0. The zero-order chi connectivity index (χ0) is 16.6. The van der Waals surface area contributed by atoms with Crippen LogP contribution in [-0.4, -0.2) is 19.9 Å². The first-order valence-electron chi connectivity index (χ1n) is 7.99. The summed E-state index contributed by atoms with van der Waals surface area (Å²) < 4.78 is 7.75. The molecule has 8 heteroatoms. The van der Waals surface area contributed by atoms with Crippen molar-refractivity contribution in [3.63, 3.8) is 0 Å². The summed E-state index contributed by atoms with van der Waals surface area (Å²) >= 11 is 5.03. The van der Waals surface area contributed by atoms with Gasteiger partial charge in [-0.2, -0.15) is 0 Å². The zero-order valence-corrected chi connectivity index (χ0v) is 15.6. The van der Waals surface area contributed by atoms with Gasteiger partial charge in [0.05, 0.1) is 15.4 Å². The highest BCUT2D eigenvalue weighted by Crippen LogP contribution is 2.42. The second-order valence-corrected chi connectivity index (χ2v) is 8.67. The van der Waals surface area contributed by atoms with Gasteiger partial charge >= 0.3 is 0 Å². The number of rotatable bonds is 6. The van der Waals surface area contributed by atoms with E-state index in [2.05, 4.69) is 37.4 Å². The smallest absolute Gasteiger partial charge is 0.192 e. The molecule has 126 valence electrons. The van der Waals surface area contributed by atoms with Crippen molar-refractivity contribution in [3.8, 4) is 21.3 Å². The van der Waals surface area contributed by atoms with E-state index in [1.54, 1.807) is 34.4 Å². The highest BCUT2D eigenvalue weighted by atomic mass is 32.2. The van der Waals surface area contributed by atoms with Gasteiger partial charge in [0.1, 0.15) is 0 Å². The van der Waals surface area contributed by atoms with Crippen LogP contribution < -0.4 is 0 Å². The summed E-state index contributed by atoms with van der Waals surface area (Å²) in [6.07, 6.45) is 2.41. The molecule has 0 amide bonds. The van der Waals surface area contributed by atoms with E-state index >= 15 is 0 Å². The maximum Gasteiger partial charge on any atom is 0.192 e. The minimum atomic E-state index is 0.536. The van der Waals surface area contributed by atoms with E-state index in [1.165, 1.54) is 17.7 Å². The Morgan fingerprint density at radius 2 is 1.92 bits per heavy atom. The summed E-state index contributed by atoms with van der Waals surface area (Å²) in [4.78, 5) is 2.28. The molecule has 0 aromatic carbocycles. The Bertz CT molecular complexity index is 968. The maximum absolute atomic E-state index is 5.46. The molecule has 4 heterocycles. The van der Waals surface area contributed by atoms with Gasteiger partial charge < -0.3 is 4.52 Å². The molecule has 0 saturated heterocycles. The van der Waals surface area contributed by atoms with Gasteiger partial charge in [0.2, 0.25) is 0 Å². The molecule has 0 bridgehead atoms. The van der Waals surface area contributed by atoms with Crippen LogP contribution in [0.3, 0.4) is 0 Å². The van der Waals surface area contributed by atoms with Gasteiger partial charge in [0.25, 0.3) is 0 Å². The Morgan fingerprint density at radius 1 is 1.12 bits per heavy atom. The Hall–Kier alpha value is -1.90. The van der Waals surface area contributed by atoms with Crippen LogP contribution >= 0.6 is 34.4 Å². The summed E-state index contributed by atoms with van der Waals surface area (Å²) in [5.74, 6) is 2.54. The molecule has 1 saturated carbocycles. The van der Waals surface area contributed by atoms with Crippen LogP contribution in [0.25, 0.3) is 21.3 Å². The van der Waals surface area contributed by atoms with Crippen molar-refractivity contribution in [1.82, 2.24) is 19.9 Å². The van der Waals surface area contributed by atoms with Gasteiger partial charge in [-0.3, -0.25) is 4.57 Å². The van der Waals surface area contributed by atoms with E-state index in [0.29, 0.717) is 6.04 Å². The lowest BCUT2D eigenvalue weighted by molar-refractivity contribution is 0.427. The van der Waals surface area contributed by atoms with Crippen molar-refractivity contribution in [2.75, 3.05) is 0 Å². The van der Waals surface area contributed by atoms with Crippen LogP contribution in [0.15, 0.2) is 50.8 Å². The molecule has 0 radical (unpaired) electrons. The number of thioether (sulfide) groups is 1. The standard InChI is InChI=1S/C17H14N4OS3/c1-3-14(23-7-1)13-9-11(20-22-13)10-25-17-19-18-16(15-4-2-8-24-15)21(17)12-5-6-12/h1-4,7-9,12H,5-6,10H2. The maximum atomic E-state index is 5.46. The molecular weight excluding hydrogens is 372 g/mol. The first-order valence-corrected chi connectivity index (χ1v) is 10.7. The van der Waals surface area contributed by atoms with Gasteiger partial charge in [-0.15, -0.1) is 32.9 Å². The molecule has 1 aliphatic rings. The van der Waals surface area contributed by atoms with Gasteiger partial charge in [-0.1, -0.05) is 29.1 Å². The fourth-order valence-electron chi connectivity index (χ4n) is 2.66. The summed E-state index contributed by atoms with van der Waals surface area (Å²) in [5.41, 5.74) is 0.927. The lowest BCUT2D eigenvalue weighted by atomic mass is 10.3. The molecule has 5 rings (SSSR count). The van der Waals surface area contributed by atoms with Gasteiger partial charge in [-0.05, 0) is 35.7 Å². The largest absolute Gasteiger partial charge is 0.355 e. The van der Waals surface area contributed by atoms with Crippen LogP contribution in [0.4, 0.5) is 0 Å². The molecule has 5 nitrogen and oxygen atoms in total. The van der Waals surface area contributed by atoms with Crippen molar-refractivity contribution in [2.24, 2.45) is 0 Å².